The Morgan fingerprint density at radius 2 is 2.11 bits per heavy atom. The van der Waals surface area contributed by atoms with Gasteiger partial charge in [0, 0.05) is 20.0 Å². The Morgan fingerprint density at radius 1 is 1.42 bits per heavy atom. The standard InChI is InChI=1S/C14H20N2O3/c1-10(18)15-12-8-16(13(9-17)14(12)19)7-11-5-3-2-4-6-11/h2-6,12-14,17,19H,7-9H2,1H3,(H,15,18)/t12-,13+,14-/m0/s1. The average molecular weight is 264 g/mol. The predicted molar refractivity (Wildman–Crippen MR) is 71.3 cm³/mol. The van der Waals surface area contributed by atoms with Crippen molar-refractivity contribution in [1.82, 2.24) is 10.2 Å². The third-order valence-electron chi connectivity index (χ3n) is 3.51. The molecule has 1 aromatic rings. The lowest BCUT2D eigenvalue weighted by molar-refractivity contribution is -0.120. The van der Waals surface area contributed by atoms with Crippen molar-refractivity contribution in [1.29, 1.82) is 0 Å². The molecular weight excluding hydrogens is 244 g/mol. The van der Waals surface area contributed by atoms with Crippen LogP contribution in [0.2, 0.25) is 0 Å². The zero-order valence-corrected chi connectivity index (χ0v) is 11.0. The van der Waals surface area contributed by atoms with Crippen LogP contribution in [0.25, 0.3) is 0 Å². The van der Waals surface area contributed by atoms with E-state index in [1.54, 1.807) is 0 Å². The summed E-state index contributed by atoms with van der Waals surface area (Å²) in [7, 11) is 0. The molecule has 0 unspecified atom stereocenters. The molecule has 1 aromatic carbocycles. The van der Waals surface area contributed by atoms with Gasteiger partial charge < -0.3 is 15.5 Å². The van der Waals surface area contributed by atoms with Gasteiger partial charge in [-0.15, -0.1) is 0 Å². The second-order valence-corrected chi connectivity index (χ2v) is 4.96. The molecule has 0 spiro atoms. The molecule has 1 heterocycles. The molecule has 5 heteroatoms. The first kappa shape index (κ1) is 14.0. The van der Waals surface area contributed by atoms with E-state index in [0.717, 1.165) is 5.56 Å². The lowest BCUT2D eigenvalue weighted by atomic mass is 10.1. The highest BCUT2D eigenvalue weighted by atomic mass is 16.3. The van der Waals surface area contributed by atoms with Crippen LogP contribution in [0.15, 0.2) is 30.3 Å². The molecule has 1 fully saturated rings. The first-order valence-electron chi connectivity index (χ1n) is 6.46. The Bertz CT molecular complexity index is 424. The van der Waals surface area contributed by atoms with Gasteiger partial charge in [0.05, 0.1) is 24.8 Å². The van der Waals surface area contributed by atoms with Gasteiger partial charge in [0.2, 0.25) is 5.91 Å². The van der Waals surface area contributed by atoms with E-state index in [1.807, 2.05) is 35.2 Å². The van der Waals surface area contributed by atoms with Crippen molar-refractivity contribution in [2.45, 2.75) is 31.7 Å². The zero-order chi connectivity index (χ0) is 13.8. The number of hydrogen-bond acceptors (Lipinski definition) is 4. The van der Waals surface area contributed by atoms with Gasteiger partial charge in [-0.25, -0.2) is 0 Å². The molecule has 19 heavy (non-hydrogen) atoms. The summed E-state index contributed by atoms with van der Waals surface area (Å²) in [6.45, 7) is 2.50. The van der Waals surface area contributed by atoms with Gasteiger partial charge in [0.1, 0.15) is 0 Å². The number of carbonyl (C=O) groups excluding carboxylic acids is 1. The van der Waals surface area contributed by atoms with Crippen molar-refractivity contribution >= 4 is 5.91 Å². The molecule has 0 aliphatic carbocycles. The fourth-order valence-corrected chi connectivity index (χ4v) is 2.60. The Morgan fingerprint density at radius 3 is 2.68 bits per heavy atom. The number of benzene rings is 1. The van der Waals surface area contributed by atoms with Gasteiger partial charge >= 0.3 is 0 Å². The molecule has 0 saturated carbocycles. The van der Waals surface area contributed by atoms with Crippen LogP contribution in [0.5, 0.6) is 0 Å². The summed E-state index contributed by atoms with van der Waals surface area (Å²) in [5.74, 6) is -0.165. The molecule has 1 aliphatic heterocycles. The molecular formula is C14H20N2O3. The highest BCUT2D eigenvalue weighted by molar-refractivity contribution is 5.73. The Balaban J connectivity index is 2.05. The third kappa shape index (κ3) is 3.32. The van der Waals surface area contributed by atoms with E-state index >= 15 is 0 Å². The predicted octanol–water partition coefficient (Wildman–Crippen LogP) is -0.271. The number of hydrogen-bond donors (Lipinski definition) is 3. The van der Waals surface area contributed by atoms with Crippen LogP contribution < -0.4 is 5.32 Å². The summed E-state index contributed by atoms with van der Waals surface area (Å²) in [5.41, 5.74) is 1.12. The zero-order valence-electron chi connectivity index (χ0n) is 11.0. The molecule has 104 valence electrons. The lowest BCUT2D eigenvalue weighted by Gasteiger charge is -2.23. The van der Waals surface area contributed by atoms with E-state index in [2.05, 4.69) is 5.32 Å². The topological polar surface area (TPSA) is 72.8 Å². The second-order valence-electron chi connectivity index (χ2n) is 4.96. The minimum atomic E-state index is -0.738. The summed E-state index contributed by atoms with van der Waals surface area (Å²) in [6.07, 6.45) is -0.738. The van der Waals surface area contributed by atoms with Crippen molar-refractivity contribution < 1.29 is 15.0 Å². The van der Waals surface area contributed by atoms with Crippen molar-refractivity contribution in [3.05, 3.63) is 35.9 Å². The minimum absolute atomic E-state index is 0.121. The van der Waals surface area contributed by atoms with Gasteiger partial charge in [0.25, 0.3) is 0 Å². The minimum Gasteiger partial charge on any atom is -0.395 e. The molecule has 3 atom stereocenters. The van der Waals surface area contributed by atoms with Crippen LogP contribution in [0, 0.1) is 0 Å². The molecule has 1 amide bonds. The number of amides is 1. The first-order valence-corrected chi connectivity index (χ1v) is 6.46. The maximum atomic E-state index is 11.1. The number of rotatable bonds is 4. The molecule has 0 bridgehead atoms. The van der Waals surface area contributed by atoms with E-state index in [9.17, 15) is 15.0 Å². The van der Waals surface area contributed by atoms with Crippen molar-refractivity contribution in [2.75, 3.05) is 13.2 Å². The Labute approximate surface area is 112 Å². The van der Waals surface area contributed by atoms with Crippen molar-refractivity contribution in [2.24, 2.45) is 0 Å². The highest BCUT2D eigenvalue weighted by Crippen LogP contribution is 2.21. The summed E-state index contributed by atoms with van der Waals surface area (Å²) >= 11 is 0. The van der Waals surface area contributed by atoms with E-state index in [1.165, 1.54) is 6.92 Å². The molecule has 5 nitrogen and oxygen atoms in total. The Kier molecular flexibility index (Phi) is 4.52. The van der Waals surface area contributed by atoms with Gasteiger partial charge in [-0.05, 0) is 5.56 Å². The van der Waals surface area contributed by atoms with Gasteiger partial charge in [-0.3, -0.25) is 9.69 Å². The fourth-order valence-electron chi connectivity index (χ4n) is 2.60. The number of aliphatic hydroxyl groups is 2. The highest BCUT2D eigenvalue weighted by Gasteiger charge is 2.40. The van der Waals surface area contributed by atoms with E-state index in [4.69, 9.17) is 0 Å². The maximum Gasteiger partial charge on any atom is 0.217 e. The fraction of sp³-hybridized carbons (Fsp3) is 0.500. The van der Waals surface area contributed by atoms with Crippen LogP contribution in [0.1, 0.15) is 12.5 Å². The maximum absolute atomic E-state index is 11.1. The number of aliphatic hydroxyl groups excluding tert-OH is 2. The van der Waals surface area contributed by atoms with Crippen LogP contribution in [-0.4, -0.2) is 52.4 Å². The quantitative estimate of drug-likeness (QED) is 0.700. The number of carbonyl (C=O) groups is 1. The van der Waals surface area contributed by atoms with Crippen molar-refractivity contribution in [3.8, 4) is 0 Å². The Hall–Kier alpha value is -1.43. The van der Waals surface area contributed by atoms with E-state index in [0.29, 0.717) is 13.1 Å². The molecule has 0 radical (unpaired) electrons. The first-order chi connectivity index (χ1) is 9.11. The van der Waals surface area contributed by atoms with Crippen LogP contribution in [0.4, 0.5) is 0 Å². The van der Waals surface area contributed by atoms with E-state index < -0.39 is 6.10 Å². The number of nitrogens with zero attached hydrogens (tertiary/aromatic N) is 1. The largest absolute Gasteiger partial charge is 0.395 e. The monoisotopic (exact) mass is 264 g/mol. The summed E-state index contributed by atoms with van der Waals surface area (Å²) in [4.78, 5) is 13.1. The summed E-state index contributed by atoms with van der Waals surface area (Å²) < 4.78 is 0. The summed E-state index contributed by atoms with van der Waals surface area (Å²) in [6, 6.07) is 9.23. The molecule has 0 aromatic heterocycles. The molecule has 3 N–H and O–H groups in total. The molecule has 1 aliphatic rings. The second kappa shape index (κ2) is 6.14. The van der Waals surface area contributed by atoms with Crippen LogP contribution in [0.3, 0.4) is 0 Å². The van der Waals surface area contributed by atoms with E-state index in [-0.39, 0.29) is 24.6 Å². The smallest absolute Gasteiger partial charge is 0.217 e. The van der Waals surface area contributed by atoms with Crippen LogP contribution in [-0.2, 0) is 11.3 Å². The normalized spacial score (nSPS) is 27.4. The lowest BCUT2D eigenvalue weighted by Crippen LogP contribution is -2.44. The van der Waals surface area contributed by atoms with Gasteiger partial charge in [-0.1, -0.05) is 30.3 Å². The molecule has 2 rings (SSSR count). The van der Waals surface area contributed by atoms with Crippen molar-refractivity contribution in [3.63, 3.8) is 0 Å². The van der Waals surface area contributed by atoms with Gasteiger partial charge in [-0.2, -0.15) is 0 Å². The third-order valence-corrected chi connectivity index (χ3v) is 3.51. The average Bonchev–Trinajstić information content (AvgIpc) is 2.66. The summed E-state index contributed by atoms with van der Waals surface area (Å²) in [5, 5.41) is 22.3. The molecule has 1 saturated heterocycles. The number of likely N-dealkylation sites (tertiary alicyclic amines) is 1. The number of nitrogens with one attached hydrogen (secondary N) is 1. The van der Waals surface area contributed by atoms with Crippen LogP contribution >= 0.6 is 0 Å². The van der Waals surface area contributed by atoms with Gasteiger partial charge in [0.15, 0.2) is 0 Å². The SMILES string of the molecule is CC(=O)N[C@H]1CN(Cc2ccccc2)[C@H](CO)[C@H]1O.